The third-order valence-corrected chi connectivity index (χ3v) is 6.51. The van der Waals surface area contributed by atoms with E-state index in [1.54, 1.807) is 6.20 Å². The van der Waals surface area contributed by atoms with E-state index < -0.39 is 5.41 Å². The normalized spacial score (nSPS) is 13.7. The Morgan fingerprint density at radius 3 is 1.57 bits per heavy atom. The van der Waals surface area contributed by atoms with Gasteiger partial charge in [0.25, 0.3) is 0 Å². The molecule has 0 fully saturated rings. The van der Waals surface area contributed by atoms with Crippen molar-refractivity contribution in [2.75, 3.05) is 0 Å². The molecular formula is C32H27NO2. The summed E-state index contributed by atoms with van der Waals surface area (Å²) in [6.45, 7) is 0.352. The second-order valence-electron chi connectivity index (χ2n) is 8.74. The summed E-state index contributed by atoms with van der Waals surface area (Å²) in [6.07, 6.45) is 2.43. The largest absolute Gasteiger partial charge is 0.484 e. The van der Waals surface area contributed by atoms with E-state index in [0.717, 1.165) is 11.3 Å². The fourth-order valence-corrected chi connectivity index (χ4v) is 4.78. The quantitative estimate of drug-likeness (QED) is 0.270. The molecule has 0 bridgehead atoms. The van der Waals surface area contributed by atoms with Crippen LogP contribution in [0.5, 0.6) is 0 Å². The second-order valence-corrected chi connectivity index (χ2v) is 8.74. The number of rotatable bonds is 8. The molecule has 3 nitrogen and oxygen atoms in total. The average Bonchev–Trinajstić information content (AvgIpc) is 2.93. The molecule has 0 saturated carbocycles. The van der Waals surface area contributed by atoms with Crippen LogP contribution in [0, 0.1) is 0 Å². The van der Waals surface area contributed by atoms with E-state index in [-0.39, 0.29) is 12.2 Å². The zero-order valence-corrected chi connectivity index (χ0v) is 19.5. The van der Waals surface area contributed by atoms with Crippen molar-refractivity contribution in [3.05, 3.63) is 156 Å². The van der Waals surface area contributed by atoms with E-state index in [1.807, 2.05) is 48.5 Å². The number of benzene rings is 4. The molecule has 1 aliphatic rings. The SMILES string of the molecule is O=C1CC(CC(c2ccccc2)(c2ccccc2)c2ccccc2)=NC=C1OCc1ccccc1. The highest BCUT2D eigenvalue weighted by molar-refractivity contribution is 6.11. The first-order chi connectivity index (χ1) is 17.3. The number of carbonyl (C=O) groups is 1. The number of nitrogens with zero attached hydrogens (tertiary/aromatic N) is 1. The zero-order valence-electron chi connectivity index (χ0n) is 19.5. The Kier molecular flexibility index (Phi) is 6.67. The van der Waals surface area contributed by atoms with Gasteiger partial charge in [-0.05, 0) is 22.3 Å². The fourth-order valence-electron chi connectivity index (χ4n) is 4.78. The monoisotopic (exact) mass is 457 g/mol. The van der Waals surface area contributed by atoms with Crippen molar-refractivity contribution >= 4 is 11.5 Å². The minimum Gasteiger partial charge on any atom is -0.484 e. The Bertz CT molecular complexity index is 1230. The van der Waals surface area contributed by atoms with Gasteiger partial charge in [-0.3, -0.25) is 9.79 Å². The standard InChI is InChI=1S/C32H27NO2/c34-30-21-29(33-23-31(30)35-24-25-13-5-1-6-14-25)22-32(26-15-7-2-8-16-26,27-17-9-3-10-18-27)28-19-11-4-12-20-28/h1-20,23H,21-22,24H2. The van der Waals surface area contributed by atoms with Gasteiger partial charge in [-0.2, -0.15) is 0 Å². The number of aliphatic imine (C=N–C) groups is 1. The lowest BCUT2D eigenvalue weighted by Crippen LogP contribution is -2.33. The number of ketones is 1. The van der Waals surface area contributed by atoms with Crippen molar-refractivity contribution in [1.29, 1.82) is 0 Å². The lowest BCUT2D eigenvalue weighted by molar-refractivity contribution is -0.118. The van der Waals surface area contributed by atoms with Crippen molar-refractivity contribution in [3.63, 3.8) is 0 Å². The maximum Gasteiger partial charge on any atom is 0.204 e. The molecule has 0 spiro atoms. The summed E-state index contributed by atoms with van der Waals surface area (Å²) < 4.78 is 5.82. The molecule has 1 heterocycles. The molecule has 4 aromatic carbocycles. The van der Waals surface area contributed by atoms with Crippen LogP contribution in [0.2, 0.25) is 0 Å². The van der Waals surface area contributed by atoms with Crippen LogP contribution in [0.1, 0.15) is 35.1 Å². The molecule has 0 atom stereocenters. The fraction of sp³-hybridized carbons (Fsp3) is 0.125. The highest BCUT2D eigenvalue weighted by Crippen LogP contribution is 2.43. The van der Waals surface area contributed by atoms with E-state index >= 15 is 0 Å². The first-order valence-electron chi connectivity index (χ1n) is 11.9. The molecule has 5 rings (SSSR count). The third kappa shape index (κ3) is 4.85. The zero-order chi connectivity index (χ0) is 23.9. The van der Waals surface area contributed by atoms with E-state index in [9.17, 15) is 4.79 Å². The summed E-state index contributed by atoms with van der Waals surface area (Å²) in [5.74, 6) is 0.288. The Morgan fingerprint density at radius 2 is 1.11 bits per heavy atom. The van der Waals surface area contributed by atoms with Crippen molar-refractivity contribution in [2.24, 2.45) is 4.99 Å². The van der Waals surface area contributed by atoms with E-state index in [4.69, 9.17) is 9.73 Å². The van der Waals surface area contributed by atoms with Gasteiger partial charge in [-0.15, -0.1) is 0 Å². The van der Waals surface area contributed by atoms with Crippen LogP contribution in [-0.4, -0.2) is 11.5 Å². The maximum absolute atomic E-state index is 13.0. The van der Waals surface area contributed by atoms with Gasteiger partial charge in [0.15, 0.2) is 5.76 Å². The number of Topliss-reactive ketones (excluding diaryl/α,β-unsaturated/α-hetero) is 1. The number of hydrogen-bond donors (Lipinski definition) is 0. The molecule has 0 N–H and O–H groups in total. The van der Waals surface area contributed by atoms with Crippen LogP contribution >= 0.6 is 0 Å². The lowest BCUT2D eigenvalue weighted by atomic mass is 9.66. The minimum absolute atomic E-state index is 0.0333. The smallest absolute Gasteiger partial charge is 0.204 e. The van der Waals surface area contributed by atoms with Crippen LogP contribution in [0.3, 0.4) is 0 Å². The van der Waals surface area contributed by atoms with Crippen LogP contribution in [0.4, 0.5) is 0 Å². The molecule has 1 aliphatic heterocycles. The predicted molar refractivity (Wildman–Crippen MR) is 140 cm³/mol. The average molecular weight is 458 g/mol. The van der Waals surface area contributed by atoms with Gasteiger partial charge in [0.05, 0.1) is 18.0 Å². The van der Waals surface area contributed by atoms with Crippen molar-refractivity contribution in [1.82, 2.24) is 0 Å². The van der Waals surface area contributed by atoms with Crippen LogP contribution in [-0.2, 0) is 21.6 Å². The summed E-state index contributed by atoms with van der Waals surface area (Å²) in [5.41, 5.74) is 4.90. The molecule has 4 aromatic rings. The number of ether oxygens (including phenoxy) is 1. The molecule has 0 radical (unpaired) electrons. The summed E-state index contributed by atoms with van der Waals surface area (Å²) in [6, 6.07) is 41.3. The van der Waals surface area contributed by atoms with Crippen molar-refractivity contribution in [3.8, 4) is 0 Å². The number of carbonyl (C=O) groups excluding carboxylic acids is 1. The number of hydrogen-bond acceptors (Lipinski definition) is 3. The summed E-state index contributed by atoms with van der Waals surface area (Å²) in [5, 5.41) is 0. The van der Waals surface area contributed by atoms with Gasteiger partial charge < -0.3 is 4.74 Å². The Hall–Kier alpha value is -4.24. The Morgan fingerprint density at radius 1 is 0.657 bits per heavy atom. The van der Waals surface area contributed by atoms with Crippen molar-refractivity contribution < 1.29 is 9.53 Å². The Labute approximate surface area is 206 Å². The third-order valence-electron chi connectivity index (χ3n) is 6.51. The van der Waals surface area contributed by atoms with E-state index in [1.165, 1.54) is 16.7 Å². The highest BCUT2D eigenvalue weighted by Gasteiger charge is 2.38. The van der Waals surface area contributed by atoms with Crippen LogP contribution in [0.15, 0.2) is 138 Å². The van der Waals surface area contributed by atoms with Gasteiger partial charge in [0.2, 0.25) is 5.78 Å². The van der Waals surface area contributed by atoms with Gasteiger partial charge >= 0.3 is 0 Å². The van der Waals surface area contributed by atoms with E-state index in [2.05, 4.69) is 72.8 Å². The van der Waals surface area contributed by atoms with Crippen LogP contribution in [0.25, 0.3) is 0 Å². The summed E-state index contributed by atoms with van der Waals surface area (Å²) in [4.78, 5) is 17.8. The lowest BCUT2D eigenvalue weighted by Gasteiger charge is -2.37. The van der Waals surface area contributed by atoms with Gasteiger partial charge in [-0.25, -0.2) is 0 Å². The van der Waals surface area contributed by atoms with Gasteiger partial charge in [-0.1, -0.05) is 121 Å². The molecule has 35 heavy (non-hydrogen) atoms. The molecule has 0 unspecified atom stereocenters. The molecule has 0 aromatic heterocycles. The topological polar surface area (TPSA) is 38.7 Å². The van der Waals surface area contributed by atoms with Crippen LogP contribution < -0.4 is 0 Å². The number of allylic oxidation sites excluding steroid dienone is 1. The maximum atomic E-state index is 13.0. The first-order valence-corrected chi connectivity index (χ1v) is 11.9. The molecule has 172 valence electrons. The summed E-state index contributed by atoms with van der Waals surface area (Å²) in [7, 11) is 0. The van der Waals surface area contributed by atoms with E-state index in [0.29, 0.717) is 18.8 Å². The minimum atomic E-state index is -0.473. The summed E-state index contributed by atoms with van der Waals surface area (Å²) >= 11 is 0. The highest BCUT2D eigenvalue weighted by atomic mass is 16.5. The molecule has 0 aliphatic carbocycles. The molecule has 0 amide bonds. The molecule has 0 saturated heterocycles. The van der Waals surface area contributed by atoms with Gasteiger partial charge in [0, 0.05) is 12.1 Å². The van der Waals surface area contributed by atoms with Crippen molar-refractivity contribution in [2.45, 2.75) is 24.9 Å². The Balaban J connectivity index is 1.53. The second kappa shape index (κ2) is 10.4. The molecule has 3 heteroatoms. The first kappa shape index (κ1) is 22.5. The molecular weight excluding hydrogens is 430 g/mol. The van der Waals surface area contributed by atoms with Gasteiger partial charge in [0.1, 0.15) is 6.61 Å². The predicted octanol–water partition coefficient (Wildman–Crippen LogP) is 6.88.